The van der Waals surface area contributed by atoms with Crippen LogP contribution in [0.15, 0.2) is 194 Å². The zero-order valence-corrected chi connectivity index (χ0v) is 34.8. The van der Waals surface area contributed by atoms with E-state index < -0.39 is 5.41 Å². The first kappa shape index (κ1) is 35.2. The van der Waals surface area contributed by atoms with Crippen molar-refractivity contribution in [1.29, 1.82) is 5.26 Å². The van der Waals surface area contributed by atoms with Crippen molar-refractivity contribution in [3.8, 4) is 28.3 Å². The van der Waals surface area contributed by atoms with E-state index in [9.17, 15) is 5.26 Å². The van der Waals surface area contributed by atoms with Gasteiger partial charge >= 0.3 is 0 Å². The summed E-state index contributed by atoms with van der Waals surface area (Å²) in [5.41, 5.74) is 14.9. The maximum atomic E-state index is 9.63. The molecule has 0 bridgehead atoms. The van der Waals surface area contributed by atoms with Crippen molar-refractivity contribution in [2.45, 2.75) is 30.4 Å². The minimum absolute atomic E-state index is 0.349. The Balaban J connectivity index is 0.000000131. The number of halogens is 3. The third kappa shape index (κ3) is 4.97. The lowest BCUT2D eigenvalue weighted by Crippen LogP contribution is -2.32. The van der Waals surface area contributed by atoms with Gasteiger partial charge in [-0.25, -0.2) is 0 Å². The average molecular weight is 870 g/mol. The van der Waals surface area contributed by atoms with Gasteiger partial charge in [-0.1, -0.05) is 160 Å². The standard InChI is InChI=1S/C26H14ClNS.C25H14BrClS/c27-17-10-12-19-18-11-9-16(15-28)13-22(18)26(23(19)14-17)20-5-1-3-7-24(20)29-25-8-4-2-6-21(25)26;26-15-9-11-17-18-12-10-16(27)14-22(18)25(21(17)13-15)19-5-1-3-7-23(19)28-24-8-4-2-6-20(24)25/h1-14H;1-14H. The van der Waals surface area contributed by atoms with Crippen LogP contribution in [-0.2, 0) is 10.8 Å². The highest BCUT2D eigenvalue weighted by atomic mass is 79.9. The molecule has 2 aliphatic heterocycles. The van der Waals surface area contributed by atoms with E-state index in [0.717, 1.165) is 20.1 Å². The summed E-state index contributed by atoms with van der Waals surface area (Å²) in [6, 6.07) is 62.3. The van der Waals surface area contributed by atoms with Gasteiger partial charge < -0.3 is 0 Å². The lowest BCUT2D eigenvalue weighted by molar-refractivity contribution is 0.722. The molecule has 0 amide bonds. The number of nitriles is 1. The predicted octanol–water partition coefficient (Wildman–Crippen LogP) is 15.0. The first-order valence-electron chi connectivity index (χ1n) is 18.6. The molecule has 12 rings (SSSR count). The Kier molecular flexibility index (Phi) is 8.20. The number of benzene rings is 8. The van der Waals surface area contributed by atoms with Crippen LogP contribution in [-0.4, -0.2) is 0 Å². The van der Waals surface area contributed by atoms with Gasteiger partial charge in [-0.15, -0.1) is 0 Å². The predicted molar refractivity (Wildman–Crippen MR) is 238 cm³/mol. The van der Waals surface area contributed by atoms with Gasteiger partial charge in [0.15, 0.2) is 0 Å². The van der Waals surface area contributed by atoms with Crippen LogP contribution in [0.25, 0.3) is 22.3 Å². The fourth-order valence-corrected chi connectivity index (χ4v) is 12.9. The molecule has 57 heavy (non-hydrogen) atoms. The third-order valence-electron chi connectivity index (χ3n) is 11.9. The van der Waals surface area contributed by atoms with E-state index in [-0.39, 0.29) is 5.41 Å². The monoisotopic (exact) mass is 867 g/mol. The molecule has 6 heteroatoms. The van der Waals surface area contributed by atoms with Gasteiger partial charge in [0.25, 0.3) is 0 Å². The normalized spacial score (nSPS) is 14.7. The minimum atomic E-state index is -0.471. The van der Waals surface area contributed by atoms with Crippen molar-refractivity contribution >= 4 is 62.7 Å². The first-order valence-corrected chi connectivity index (χ1v) is 21.8. The number of nitrogens with zero attached hydrogens (tertiary/aromatic N) is 1. The molecule has 0 radical (unpaired) electrons. The van der Waals surface area contributed by atoms with Gasteiger partial charge in [0.2, 0.25) is 0 Å². The van der Waals surface area contributed by atoms with Crippen molar-refractivity contribution in [3.63, 3.8) is 0 Å². The lowest BCUT2D eigenvalue weighted by atomic mass is 9.67. The zero-order valence-electron chi connectivity index (χ0n) is 30.1. The highest BCUT2D eigenvalue weighted by molar-refractivity contribution is 9.10. The quantitative estimate of drug-likeness (QED) is 0.152. The number of fused-ring (bicyclic) bond motifs is 18. The zero-order chi connectivity index (χ0) is 38.5. The summed E-state index contributed by atoms with van der Waals surface area (Å²) in [5.74, 6) is 0. The maximum absolute atomic E-state index is 9.63. The molecule has 2 spiro atoms. The maximum Gasteiger partial charge on any atom is 0.0991 e. The van der Waals surface area contributed by atoms with Crippen LogP contribution in [0.2, 0.25) is 10.0 Å². The van der Waals surface area contributed by atoms with Crippen molar-refractivity contribution in [2.75, 3.05) is 0 Å². The van der Waals surface area contributed by atoms with Crippen LogP contribution in [0.1, 0.15) is 50.1 Å². The summed E-state index contributed by atoms with van der Waals surface area (Å²) in [5, 5.41) is 11.1. The molecule has 2 aliphatic carbocycles. The Labute approximate surface area is 358 Å². The summed E-state index contributed by atoms with van der Waals surface area (Å²) < 4.78 is 1.10. The molecule has 1 nitrogen and oxygen atoms in total. The fraction of sp³-hybridized carbons (Fsp3) is 0.0392. The van der Waals surface area contributed by atoms with E-state index >= 15 is 0 Å². The lowest BCUT2D eigenvalue weighted by Gasteiger charge is -2.39. The molecule has 270 valence electrons. The van der Waals surface area contributed by atoms with Gasteiger partial charge in [-0.3, -0.25) is 0 Å². The molecule has 0 unspecified atom stereocenters. The second kappa shape index (κ2) is 13.3. The Hall–Kier alpha value is -4.99. The van der Waals surface area contributed by atoms with E-state index in [1.54, 1.807) is 0 Å². The van der Waals surface area contributed by atoms with E-state index in [2.05, 4.69) is 174 Å². The van der Waals surface area contributed by atoms with Crippen molar-refractivity contribution in [2.24, 2.45) is 0 Å². The van der Waals surface area contributed by atoms with E-state index in [1.807, 2.05) is 41.7 Å². The van der Waals surface area contributed by atoms with Crippen LogP contribution >= 0.6 is 62.7 Å². The summed E-state index contributed by atoms with van der Waals surface area (Å²) in [4.78, 5) is 5.10. The summed E-state index contributed by atoms with van der Waals surface area (Å²) in [6.07, 6.45) is 0. The first-order chi connectivity index (χ1) is 27.9. The molecule has 4 aliphatic rings. The molecule has 8 aromatic rings. The Morgan fingerprint density at radius 3 is 1.18 bits per heavy atom. The van der Waals surface area contributed by atoms with Gasteiger partial charge in [-0.05, 0) is 140 Å². The largest absolute Gasteiger partial charge is 0.192 e. The van der Waals surface area contributed by atoms with Crippen LogP contribution in [0.4, 0.5) is 0 Å². The summed E-state index contributed by atoms with van der Waals surface area (Å²) in [6.45, 7) is 0. The average Bonchev–Trinajstić information content (AvgIpc) is 3.67. The van der Waals surface area contributed by atoms with Crippen LogP contribution < -0.4 is 0 Å². The van der Waals surface area contributed by atoms with Crippen LogP contribution in [0.3, 0.4) is 0 Å². The molecule has 0 aromatic heterocycles. The molecule has 8 aromatic carbocycles. The molecular weight excluding hydrogens is 842 g/mol. The smallest absolute Gasteiger partial charge is 0.0991 e. The number of rotatable bonds is 0. The van der Waals surface area contributed by atoms with Crippen LogP contribution in [0.5, 0.6) is 0 Å². The second-order valence-electron chi connectivity index (χ2n) is 14.6. The number of hydrogen-bond donors (Lipinski definition) is 0. The molecule has 0 saturated heterocycles. The Morgan fingerprint density at radius 2 is 0.754 bits per heavy atom. The molecular formula is C51H28BrCl2NS2. The third-order valence-corrected chi connectivity index (χ3v) is 15.2. The summed E-state index contributed by atoms with van der Waals surface area (Å²) in [7, 11) is 0. The van der Waals surface area contributed by atoms with Gasteiger partial charge in [-0.2, -0.15) is 5.26 Å². The molecule has 0 saturated carbocycles. The SMILES string of the molecule is Clc1ccc2c(c1)C1(c3ccccc3Sc3ccccc31)c1cc(Br)ccc1-2.N#Cc1ccc2c(c1)C1(c3ccccc3Sc3ccccc31)c1cc(Cl)ccc1-2. The molecule has 0 atom stereocenters. The van der Waals surface area contributed by atoms with Gasteiger partial charge in [0.1, 0.15) is 0 Å². The van der Waals surface area contributed by atoms with Gasteiger partial charge in [0, 0.05) is 34.1 Å². The topological polar surface area (TPSA) is 23.8 Å². The van der Waals surface area contributed by atoms with Crippen LogP contribution in [0, 0.1) is 11.3 Å². The fourth-order valence-electron chi connectivity index (χ4n) is 9.78. The minimum Gasteiger partial charge on any atom is -0.192 e. The highest BCUT2D eigenvalue weighted by Gasteiger charge is 2.51. The summed E-state index contributed by atoms with van der Waals surface area (Å²) >= 11 is 20.5. The van der Waals surface area contributed by atoms with Crippen molar-refractivity contribution in [1.82, 2.24) is 0 Å². The second-order valence-corrected chi connectivity index (χ2v) is 18.6. The van der Waals surface area contributed by atoms with E-state index in [0.29, 0.717) is 5.56 Å². The highest BCUT2D eigenvalue weighted by Crippen LogP contribution is 2.64. The Bertz CT molecular complexity index is 2910. The molecule has 2 heterocycles. The van der Waals surface area contributed by atoms with Crippen molar-refractivity contribution < 1.29 is 0 Å². The Morgan fingerprint density at radius 1 is 0.404 bits per heavy atom. The van der Waals surface area contributed by atoms with Gasteiger partial charge in [0.05, 0.1) is 22.5 Å². The van der Waals surface area contributed by atoms with E-state index in [1.165, 1.54) is 80.8 Å². The number of hydrogen-bond acceptors (Lipinski definition) is 3. The van der Waals surface area contributed by atoms with Crippen molar-refractivity contribution in [3.05, 3.63) is 234 Å². The molecule has 0 fully saturated rings. The van der Waals surface area contributed by atoms with E-state index in [4.69, 9.17) is 23.2 Å². The molecule has 0 N–H and O–H groups in total.